The van der Waals surface area contributed by atoms with Crippen molar-refractivity contribution in [3.63, 3.8) is 0 Å². The fourth-order valence-corrected chi connectivity index (χ4v) is 5.05. The van der Waals surface area contributed by atoms with Gasteiger partial charge in [-0.2, -0.15) is 13.2 Å². The number of fused-ring (bicyclic) bond motifs is 1. The van der Waals surface area contributed by atoms with Crippen LogP contribution in [0.3, 0.4) is 0 Å². The molecule has 1 fully saturated rings. The number of anilines is 1. The number of ether oxygens (including phenoxy) is 1. The molecule has 2 heterocycles. The van der Waals surface area contributed by atoms with Crippen molar-refractivity contribution in [1.82, 2.24) is 19.5 Å². The minimum absolute atomic E-state index is 0.0226. The van der Waals surface area contributed by atoms with E-state index >= 15 is 0 Å². The number of nitrogens with zero attached hydrogens (tertiary/aromatic N) is 4. The molecule has 2 aromatic carbocycles. The van der Waals surface area contributed by atoms with Crippen molar-refractivity contribution in [1.29, 1.82) is 0 Å². The van der Waals surface area contributed by atoms with Crippen molar-refractivity contribution in [2.75, 3.05) is 12.4 Å². The molecule has 0 spiro atoms. The van der Waals surface area contributed by atoms with Crippen molar-refractivity contribution in [3.05, 3.63) is 65.0 Å². The van der Waals surface area contributed by atoms with E-state index in [1.54, 1.807) is 7.11 Å². The monoisotopic (exact) mass is 553 g/mol. The highest BCUT2D eigenvalue weighted by atomic mass is 19.4. The van der Waals surface area contributed by atoms with Gasteiger partial charge in [0.05, 0.1) is 12.7 Å². The smallest absolute Gasteiger partial charge is 0.416 e. The Morgan fingerprint density at radius 2 is 1.88 bits per heavy atom. The molecule has 1 aliphatic rings. The zero-order valence-corrected chi connectivity index (χ0v) is 22.4. The summed E-state index contributed by atoms with van der Waals surface area (Å²) in [6.07, 6.45) is -0.500. The Labute approximate surface area is 229 Å². The summed E-state index contributed by atoms with van der Waals surface area (Å²) in [5.41, 5.74) is 2.25. The number of aryl methyl sites for hydroxylation is 1. The molecule has 4 aromatic rings. The van der Waals surface area contributed by atoms with E-state index in [9.17, 15) is 23.1 Å². The first-order valence-electron chi connectivity index (χ1n) is 13.2. The summed E-state index contributed by atoms with van der Waals surface area (Å²) in [7, 11) is 1.56. The summed E-state index contributed by atoms with van der Waals surface area (Å²) in [4.78, 5) is 25.3. The third-order valence-corrected chi connectivity index (χ3v) is 7.58. The van der Waals surface area contributed by atoms with Crippen LogP contribution in [0, 0.1) is 5.92 Å². The van der Waals surface area contributed by atoms with E-state index in [2.05, 4.69) is 15.3 Å². The molecule has 210 valence electrons. The number of rotatable bonds is 9. The first kappa shape index (κ1) is 27.4. The van der Waals surface area contributed by atoms with Crippen molar-refractivity contribution in [3.8, 4) is 17.1 Å². The van der Waals surface area contributed by atoms with Gasteiger partial charge < -0.3 is 19.7 Å². The van der Waals surface area contributed by atoms with Crippen LogP contribution in [0.1, 0.15) is 60.4 Å². The Bertz CT molecular complexity index is 1550. The van der Waals surface area contributed by atoms with E-state index in [4.69, 9.17) is 9.72 Å². The number of carbonyl (C=O) groups is 1. The quantitative estimate of drug-likeness (QED) is 0.246. The molecule has 0 amide bonds. The van der Waals surface area contributed by atoms with E-state index in [0.717, 1.165) is 42.5 Å². The average molecular weight is 554 g/mol. The van der Waals surface area contributed by atoms with Gasteiger partial charge in [-0.1, -0.05) is 31.5 Å². The number of methoxy groups -OCH3 is 1. The Morgan fingerprint density at radius 1 is 1.15 bits per heavy atom. The van der Waals surface area contributed by atoms with E-state index < -0.39 is 17.7 Å². The topological polar surface area (TPSA) is 102 Å². The fourth-order valence-electron chi connectivity index (χ4n) is 5.05. The lowest BCUT2D eigenvalue weighted by molar-refractivity contribution is -0.137. The molecule has 0 saturated heterocycles. The van der Waals surface area contributed by atoms with Crippen molar-refractivity contribution in [2.45, 2.75) is 58.3 Å². The third-order valence-electron chi connectivity index (χ3n) is 7.58. The Hall–Kier alpha value is -4.15. The molecule has 40 heavy (non-hydrogen) atoms. The molecule has 2 N–H and O–H groups in total. The molecule has 1 unspecified atom stereocenters. The second-order valence-corrected chi connectivity index (χ2v) is 10.1. The molecule has 0 aliphatic heterocycles. The van der Waals surface area contributed by atoms with Crippen LogP contribution in [0.2, 0.25) is 0 Å². The summed E-state index contributed by atoms with van der Waals surface area (Å²) >= 11 is 0. The molecule has 1 aliphatic carbocycles. The maximum atomic E-state index is 13.2. The number of imidazole rings is 1. The molecular formula is C29H30F3N5O3. The van der Waals surface area contributed by atoms with Crippen LogP contribution in [-0.2, 0) is 19.1 Å². The first-order chi connectivity index (χ1) is 19.1. The zero-order chi connectivity index (χ0) is 28.6. The molecule has 0 bridgehead atoms. The molecular weight excluding hydrogens is 523 g/mol. The Balaban J connectivity index is 1.73. The van der Waals surface area contributed by atoms with Gasteiger partial charge in [-0.3, -0.25) is 0 Å². The highest BCUT2D eigenvalue weighted by Gasteiger charge is 2.31. The number of benzene rings is 2. The van der Waals surface area contributed by atoms with Gasteiger partial charge in [-0.25, -0.2) is 19.7 Å². The summed E-state index contributed by atoms with van der Waals surface area (Å²) in [5, 5.41) is 13.1. The van der Waals surface area contributed by atoms with Gasteiger partial charge in [0.25, 0.3) is 0 Å². The minimum Gasteiger partial charge on any atom is -0.497 e. The average Bonchev–Trinajstić information content (AvgIpc) is 3.25. The van der Waals surface area contributed by atoms with Crippen LogP contribution >= 0.6 is 0 Å². The predicted molar refractivity (Wildman–Crippen MR) is 145 cm³/mol. The van der Waals surface area contributed by atoms with Crippen LogP contribution < -0.4 is 10.1 Å². The normalized spacial score (nSPS) is 14.7. The van der Waals surface area contributed by atoms with Gasteiger partial charge in [0.1, 0.15) is 17.1 Å². The lowest BCUT2D eigenvalue weighted by Gasteiger charge is -2.32. The molecule has 8 nitrogen and oxygen atoms in total. The highest BCUT2D eigenvalue weighted by molar-refractivity contribution is 5.92. The zero-order valence-electron chi connectivity index (χ0n) is 22.4. The molecule has 0 radical (unpaired) electrons. The van der Waals surface area contributed by atoms with Gasteiger partial charge in [0, 0.05) is 18.2 Å². The van der Waals surface area contributed by atoms with E-state index in [-0.39, 0.29) is 24.1 Å². The first-order valence-corrected chi connectivity index (χ1v) is 13.2. The lowest BCUT2D eigenvalue weighted by atomic mass is 9.80. The van der Waals surface area contributed by atoms with Crippen LogP contribution in [0.15, 0.2) is 42.5 Å². The molecule has 2 aromatic heterocycles. The summed E-state index contributed by atoms with van der Waals surface area (Å²) in [5.74, 6) is 0.178. The van der Waals surface area contributed by atoms with E-state index in [1.807, 2.05) is 36.6 Å². The maximum Gasteiger partial charge on any atom is 0.416 e. The van der Waals surface area contributed by atoms with Crippen LogP contribution in [0.5, 0.6) is 5.75 Å². The number of alkyl halides is 3. The van der Waals surface area contributed by atoms with Crippen LogP contribution in [0.25, 0.3) is 22.6 Å². The van der Waals surface area contributed by atoms with Crippen molar-refractivity contribution < 1.29 is 27.8 Å². The molecule has 1 atom stereocenters. The summed E-state index contributed by atoms with van der Waals surface area (Å²) in [6, 6.07) is 10.6. The number of carboxylic acids is 1. The van der Waals surface area contributed by atoms with Crippen molar-refractivity contribution in [2.24, 2.45) is 5.92 Å². The maximum absolute atomic E-state index is 13.2. The van der Waals surface area contributed by atoms with E-state index in [1.165, 1.54) is 12.1 Å². The van der Waals surface area contributed by atoms with Crippen LogP contribution in [-0.4, -0.2) is 43.7 Å². The van der Waals surface area contributed by atoms with Gasteiger partial charge in [0.2, 0.25) is 5.82 Å². The number of hydrogen-bond acceptors (Lipinski definition) is 6. The second kappa shape index (κ2) is 10.8. The second-order valence-electron chi connectivity index (χ2n) is 10.1. The number of aromatic carboxylic acids is 1. The third kappa shape index (κ3) is 5.32. The van der Waals surface area contributed by atoms with Crippen LogP contribution in [0.4, 0.5) is 19.0 Å². The van der Waals surface area contributed by atoms with Gasteiger partial charge in [-0.15, -0.1) is 0 Å². The van der Waals surface area contributed by atoms with E-state index in [0.29, 0.717) is 40.8 Å². The van der Waals surface area contributed by atoms with Gasteiger partial charge in [-0.05, 0) is 67.5 Å². The Kier molecular flexibility index (Phi) is 7.39. The number of hydrogen-bond donors (Lipinski definition) is 2. The largest absolute Gasteiger partial charge is 0.497 e. The number of nitrogens with one attached hydrogen (secondary N) is 1. The number of carboxylic acid groups (broad SMARTS) is 1. The summed E-state index contributed by atoms with van der Waals surface area (Å²) in [6.45, 7) is 4.20. The SMILES string of the molecule is CCc1ccc(OC)cc1-c1nc2nc(C(=O)O)nc(NC(C)C3CCC3)c2n1Cc1ccc(C(F)(F)F)cc1. The highest BCUT2D eigenvalue weighted by Crippen LogP contribution is 2.36. The standard InChI is InChI=1S/C29H30F3N5O3/c1-4-18-10-13-21(40-3)14-22(18)27-36-25-23(37(27)15-17-8-11-20(12-9-17)29(30,31)32)24(34-26(35-25)28(38)39)33-16(2)19-6-5-7-19/h8-14,16,19H,4-7,15H2,1-3H3,(H,38,39)(H,33,34,35). The fraction of sp³-hybridized carbons (Fsp3) is 0.379. The Morgan fingerprint density at radius 3 is 2.45 bits per heavy atom. The molecule has 1 saturated carbocycles. The van der Waals surface area contributed by atoms with Gasteiger partial charge >= 0.3 is 12.1 Å². The number of aromatic nitrogens is 4. The lowest BCUT2D eigenvalue weighted by Crippen LogP contribution is -2.31. The predicted octanol–water partition coefficient (Wildman–Crippen LogP) is 6.43. The van der Waals surface area contributed by atoms with Gasteiger partial charge in [0.15, 0.2) is 11.5 Å². The van der Waals surface area contributed by atoms with Crippen molar-refractivity contribution >= 4 is 23.0 Å². The summed E-state index contributed by atoms with van der Waals surface area (Å²) < 4.78 is 47.0. The molecule has 11 heteroatoms. The minimum atomic E-state index is -4.45. The number of halogens is 3. The molecule has 5 rings (SSSR count).